The van der Waals surface area contributed by atoms with Gasteiger partial charge < -0.3 is 0 Å². The highest BCUT2D eigenvalue weighted by Gasteiger charge is 1.94. The van der Waals surface area contributed by atoms with Crippen molar-refractivity contribution in [2.75, 3.05) is 0 Å². The Bertz CT molecular complexity index is 375. The van der Waals surface area contributed by atoms with Crippen molar-refractivity contribution in [3.8, 4) is 0 Å². The standard InChI is InChI=1S/C11H12N2OS/c1-2-4-10(5-3-1)7-14-13-6-11-8-15-9-12-11/h1-5,8-9,13H,6-7H2. The minimum absolute atomic E-state index is 0.574. The van der Waals surface area contributed by atoms with E-state index in [1.54, 1.807) is 11.3 Å². The van der Waals surface area contributed by atoms with Crippen molar-refractivity contribution in [2.24, 2.45) is 0 Å². The second-order valence-electron chi connectivity index (χ2n) is 3.08. The van der Waals surface area contributed by atoms with E-state index in [0.29, 0.717) is 13.2 Å². The Hall–Kier alpha value is -1.23. The molecule has 4 heteroatoms. The number of hydroxylamine groups is 1. The van der Waals surface area contributed by atoms with Crippen molar-refractivity contribution in [2.45, 2.75) is 13.2 Å². The van der Waals surface area contributed by atoms with E-state index >= 15 is 0 Å². The molecule has 15 heavy (non-hydrogen) atoms. The van der Waals surface area contributed by atoms with E-state index < -0.39 is 0 Å². The van der Waals surface area contributed by atoms with Gasteiger partial charge in [0, 0.05) is 5.38 Å². The Balaban J connectivity index is 1.68. The average Bonchev–Trinajstić information content (AvgIpc) is 2.79. The third-order valence-corrected chi connectivity index (χ3v) is 2.56. The SMILES string of the molecule is c1ccc(CONCc2cscn2)cc1. The molecule has 0 saturated heterocycles. The fraction of sp³-hybridized carbons (Fsp3) is 0.182. The number of nitrogens with one attached hydrogen (secondary N) is 1. The maximum atomic E-state index is 5.31. The molecule has 2 aromatic rings. The quantitative estimate of drug-likeness (QED) is 0.620. The first-order chi connectivity index (χ1) is 7.45. The lowest BCUT2D eigenvalue weighted by Crippen LogP contribution is -2.13. The molecule has 0 fully saturated rings. The second-order valence-corrected chi connectivity index (χ2v) is 3.79. The maximum Gasteiger partial charge on any atom is 0.0933 e. The molecule has 0 saturated carbocycles. The number of rotatable bonds is 5. The lowest BCUT2D eigenvalue weighted by molar-refractivity contribution is 0.0229. The molecule has 78 valence electrons. The third-order valence-electron chi connectivity index (χ3n) is 1.92. The smallest absolute Gasteiger partial charge is 0.0933 e. The number of benzene rings is 1. The highest BCUT2D eigenvalue weighted by Crippen LogP contribution is 2.01. The molecule has 3 nitrogen and oxygen atoms in total. The molecular weight excluding hydrogens is 208 g/mol. The van der Waals surface area contributed by atoms with Crippen molar-refractivity contribution < 1.29 is 4.84 Å². The third kappa shape index (κ3) is 3.43. The van der Waals surface area contributed by atoms with Crippen LogP contribution in [0.4, 0.5) is 0 Å². The lowest BCUT2D eigenvalue weighted by atomic mass is 10.2. The van der Waals surface area contributed by atoms with Crippen LogP contribution in [0, 0.1) is 0 Å². The predicted molar refractivity (Wildman–Crippen MR) is 60.2 cm³/mol. The van der Waals surface area contributed by atoms with Gasteiger partial charge in [0.25, 0.3) is 0 Å². The molecule has 0 aliphatic heterocycles. The normalized spacial score (nSPS) is 10.4. The molecule has 0 amide bonds. The molecule has 1 aromatic heterocycles. The van der Waals surface area contributed by atoms with Gasteiger partial charge in [-0.05, 0) is 5.56 Å². The zero-order valence-electron chi connectivity index (χ0n) is 8.22. The maximum absolute atomic E-state index is 5.31. The van der Waals surface area contributed by atoms with Gasteiger partial charge in [-0.25, -0.2) is 4.98 Å². The Morgan fingerprint density at radius 1 is 1.27 bits per heavy atom. The van der Waals surface area contributed by atoms with E-state index in [2.05, 4.69) is 10.5 Å². The number of nitrogens with zero attached hydrogens (tertiary/aromatic N) is 1. The second kappa shape index (κ2) is 5.60. The average molecular weight is 220 g/mol. The summed E-state index contributed by atoms with van der Waals surface area (Å²) in [6.45, 7) is 1.22. The van der Waals surface area contributed by atoms with Gasteiger partial charge in [0.2, 0.25) is 0 Å². The molecule has 2 rings (SSSR count). The molecular formula is C11H12N2OS. The summed E-state index contributed by atoms with van der Waals surface area (Å²) in [4.78, 5) is 9.44. The number of hydrogen-bond acceptors (Lipinski definition) is 4. The van der Waals surface area contributed by atoms with Crippen molar-refractivity contribution in [3.05, 3.63) is 52.5 Å². The molecule has 1 heterocycles. The summed E-state index contributed by atoms with van der Waals surface area (Å²) in [7, 11) is 0. The number of hydrogen-bond donors (Lipinski definition) is 1. The molecule has 1 aromatic carbocycles. The highest BCUT2D eigenvalue weighted by molar-refractivity contribution is 7.07. The first-order valence-corrected chi connectivity index (χ1v) is 5.65. The molecule has 0 aliphatic rings. The molecule has 0 atom stereocenters. The van der Waals surface area contributed by atoms with Gasteiger partial charge in [-0.3, -0.25) is 4.84 Å². The molecule has 1 N–H and O–H groups in total. The minimum atomic E-state index is 0.574. The van der Waals surface area contributed by atoms with E-state index in [9.17, 15) is 0 Å². The number of aromatic nitrogens is 1. The summed E-state index contributed by atoms with van der Waals surface area (Å²) in [5.74, 6) is 0. The van der Waals surface area contributed by atoms with Crippen LogP contribution in [0.25, 0.3) is 0 Å². The van der Waals surface area contributed by atoms with Gasteiger partial charge in [-0.15, -0.1) is 11.3 Å². The van der Waals surface area contributed by atoms with Crippen LogP contribution in [-0.2, 0) is 18.0 Å². The zero-order valence-corrected chi connectivity index (χ0v) is 9.04. The van der Waals surface area contributed by atoms with Crippen molar-refractivity contribution >= 4 is 11.3 Å². The van der Waals surface area contributed by atoms with E-state index in [-0.39, 0.29) is 0 Å². The monoisotopic (exact) mass is 220 g/mol. The van der Waals surface area contributed by atoms with Crippen LogP contribution in [0.5, 0.6) is 0 Å². The Morgan fingerprint density at radius 3 is 2.87 bits per heavy atom. The van der Waals surface area contributed by atoms with Gasteiger partial charge in [-0.2, -0.15) is 5.48 Å². The van der Waals surface area contributed by atoms with E-state index in [1.807, 2.05) is 41.2 Å². The van der Waals surface area contributed by atoms with Crippen molar-refractivity contribution in [1.82, 2.24) is 10.5 Å². The Morgan fingerprint density at radius 2 is 2.13 bits per heavy atom. The van der Waals surface area contributed by atoms with Crippen LogP contribution in [-0.4, -0.2) is 4.98 Å². The van der Waals surface area contributed by atoms with Crippen LogP contribution in [0.15, 0.2) is 41.2 Å². The Kier molecular flexibility index (Phi) is 3.84. The summed E-state index contributed by atoms with van der Waals surface area (Å²) >= 11 is 1.59. The highest BCUT2D eigenvalue weighted by atomic mass is 32.1. The summed E-state index contributed by atoms with van der Waals surface area (Å²) in [5.41, 5.74) is 6.86. The first-order valence-electron chi connectivity index (χ1n) is 4.71. The van der Waals surface area contributed by atoms with Crippen LogP contribution < -0.4 is 5.48 Å². The van der Waals surface area contributed by atoms with Crippen molar-refractivity contribution in [1.29, 1.82) is 0 Å². The summed E-state index contributed by atoms with van der Waals surface area (Å²) in [6, 6.07) is 10.1. The van der Waals surface area contributed by atoms with Crippen molar-refractivity contribution in [3.63, 3.8) is 0 Å². The first kappa shape index (κ1) is 10.3. The van der Waals surface area contributed by atoms with Crippen LogP contribution in [0.1, 0.15) is 11.3 Å². The molecule has 0 unspecified atom stereocenters. The topological polar surface area (TPSA) is 34.1 Å². The zero-order chi connectivity index (χ0) is 10.3. The summed E-state index contributed by atoms with van der Waals surface area (Å²) < 4.78 is 0. The molecule has 0 radical (unpaired) electrons. The van der Waals surface area contributed by atoms with Crippen LogP contribution in [0.2, 0.25) is 0 Å². The molecule has 0 aliphatic carbocycles. The Labute approximate surface area is 92.7 Å². The fourth-order valence-electron chi connectivity index (χ4n) is 1.16. The fourth-order valence-corrected chi connectivity index (χ4v) is 1.72. The van der Waals surface area contributed by atoms with E-state index in [1.165, 1.54) is 0 Å². The number of thiazole rings is 1. The predicted octanol–water partition coefficient (Wildman–Crippen LogP) is 2.36. The van der Waals surface area contributed by atoms with Gasteiger partial charge in [0.15, 0.2) is 0 Å². The summed E-state index contributed by atoms with van der Waals surface area (Å²) in [5, 5.41) is 2.00. The van der Waals surface area contributed by atoms with Crippen LogP contribution in [0.3, 0.4) is 0 Å². The molecule has 0 bridgehead atoms. The van der Waals surface area contributed by atoms with Gasteiger partial charge in [0.1, 0.15) is 0 Å². The minimum Gasteiger partial charge on any atom is -0.297 e. The van der Waals surface area contributed by atoms with Crippen LogP contribution >= 0.6 is 11.3 Å². The van der Waals surface area contributed by atoms with Gasteiger partial charge in [0.05, 0.1) is 24.4 Å². The summed E-state index contributed by atoms with van der Waals surface area (Å²) in [6.07, 6.45) is 0. The van der Waals surface area contributed by atoms with Gasteiger partial charge in [-0.1, -0.05) is 30.3 Å². The largest absolute Gasteiger partial charge is 0.297 e. The van der Waals surface area contributed by atoms with E-state index in [0.717, 1.165) is 11.3 Å². The van der Waals surface area contributed by atoms with Gasteiger partial charge >= 0.3 is 0 Å². The molecule has 0 spiro atoms. The lowest BCUT2D eigenvalue weighted by Gasteiger charge is -2.03. The van der Waals surface area contributed by atoms with E-state index in [4.69, 9.17) is 4.84 Å².